The molecule has 2 N–H and O–H groups in total. The second-order valence-corrected chi connectivity index (χ2v) is 15.0. The SMILES string of the molecule is CCSC[C@H](OCc1ccc(C(=O)N[C@@H](CCS(C)(=O)=O)C(=O)O)c(-c2ccccc2C)c1)c1cnc(-c2ccccc2)s1. The number of carboxylic acids is 1. The molecular formula is C33H36N2O6S3. The van der Waals surface area contributed by atoms with E-state index in [9.17, 15) is 23.1 Å². The van der Waals surface area contributed by atoms with Crippen LogP contribution >= 0.6 is 23.1 Å². The van der Waals surface area contributed by atoms with Crippen LogP contribution in [0, 0.1) is 6.92 Å². The molecule has 4 aromatic rings. The van der Waals surface area contributed by atoms with Crippen LogP contribution in [0.25, 0.3) is 21.7 Å². The van der Waals surface area contributed by atoms with Gasteiger partial charge in [-0.15, -0.1) is 11.3 Å². The number of aromatic nitrogens is 1. The first-order valence-corrected chi connectivity index (χ1v) is 18.2. The Balaban J connectivity index is 1.59. The lowest BCUT2D eigenvalue weighted by molar-refractivity contribution is -0.139. The molecule has 2 atom stereocenters. The Morgan fingerprint density at radius 1 is 1.05 bits per heavy atom. The van der Waals surface area contributed by atoms with Crippen molar-refractivity contribution >= 4 is 44.8 Å². The number of carbonyl (C=O) groups excluding carboxylic acids is 1. The van der Waals surface area contributed by atoms with Crippen molar-refractivity contribution in [3.05, 3.63) is 101 Å². The van der Waals surface area contributed by atoms with E-state index >= 15 is 0 Å². The standard InChI is InChI=1S/C33H36N2O6S3/c1-4-42-21-29(30-19-34-32(43-30)24-11-6-5-7-12-24)41-20-23-14-15-26(27(18-23)25-13-9-8-10-22(25)2)31(36)35-28(33(37)38)16-17-44(3,39)40/h5-15,18-19,28-29H,4,16-17,20-21H2,1-3H3,(H,35,36)(H,37,38)/t28-,29-/m0/s1. The van der Waals surface area contributed by atoms with Crippen LogP contribution in [0.3, 0.4) is 0 Å². The lowest BCUT2D eigenvalue weighted by Crippen LogP contribution is -2.42. The quantitative estimate of drug-likeness (QED) is 0.151. The number of aliphatic carboxylic acids is 1. The molecule has 1 amide bonds. The number of thiazole rings is 1. The molecule has 0 unspecified atom stereocenters. The number of hydrogen-bond acceptors (Lipinski definition) is 8. The number of thioether (sulfide) groups is 1. The molecule has 0 fully saturated rings. The molecule has 0 aliphatic carbocycles. The van der Waals surface area contributed by atoms with Crippen molar-refractivity contribution in [2.45, 2.75) is 39.0 Å². The van der Waals surface area contributed by atoms with Crippen LogP contribution in [0.5, 0.6) is 0 Å². The maximum Gasteiger partial charge on any atom is 0.326 e. The van der Waals surface area contributed by atoms with E-state index in [2.05, 4.69) is 17.2 Å². The third-order valence-corrected chi connectivity index (χ3v) is 9.99. The minimum Gasteiger partial charge on any atom is -0.480 e. The Kier molecular flexibility index (Phi) is 11.7. The third kappa shape index (κ3) is 9.25. The first-order valence-electron chi connectivity index (χ1n) is 14.2. The minimum atomic E-state index is -3.40. The van der Waals surface area contributed by atoms with E-state index in [1.165, 1.54) is 0 Å². The summed E-state index contributed by atoms with van der Waals surface area (Å²) in [6.07, 6.45) is 2.51. The summed E-state index contributed by atoms with van der Waals surface area (Å²) in [4.78, 5) is 30.9. The lowest BCUT2D eigenvalue weighted by Gasteiger charge is -2.19. The van der Waals surface area contributed by atoms with E-state index in [1.54, 1.807) is 35.2 Å². The van der Waals surface area contributed by atoms with Crippen molar-refractivity contribution in [2.75, 3.05) is 23.5 Å². The van der Waals surface area contributed by atoms with Gasteiger partial charge in [0.1, 0.15) is 27.0 Å². The van der Waals surface area contributed by atoms with Gasteiger partial charge in [-0.25, -0.2) is 18.2 Å². The second kappa shape index (κ2) is 15.5. The van der Waals surface area contributed by atoms with Gasteiger partial charge < -0.3 is 15.2 Å². The Hall–Kier alpha value is -3.51. The number of carboxylic acid groups (broad SMARTS) is 1. The van der Waals surface area contributed by atoms with Gasteiger partial charge in [0.2, 0.25) is 0 Å². The zero-order valence-electron chi connectivity index (χ0n) is 24.9. The van der Waals surface area contributed by atoms with Gasteiger partial charge in [0.15, 0.2) is 0 Å². The van der Waals surface area contributed by atoms with Gasteiger partial charge >= 0.3 is 5.97 Å². The summed E-state index contributed by atoms with van der Waals surface area (Å²) in [6, 6.07) is 21.7. The van der Waals surface area contributed by atoms with Crippen LogP contribution in [-0.2, 0) is 26.0 Å². The van der Waals surface area contributed by atoms with Crippen LogP contribution < -0.4 is 5.32 Å². The van der Waals surface area contributed by atoms with Gasteiger partial charge in [-0.1, -0.05) is 67.6 Å². The molecule has 11 heteroatoms. The van der Waals surface area contributed by atoms with Crippen molar-refractivity contribution in [1.29, 1.82) is 0 Å². The van der Waals surface area contributed by atoms with E-state index in [1.807, 2.05) is 73.8 Å². The van der Waals surface area contributed by atoms with Crippen molar-refractivity contribution in [2.24, 2.45) is 0 Å². The molecule has 0 bridgehead atoms. The average Bonchev–Trinajstić information content (AvgIpc) is 3.49. The highest BCUT2D eigenvalue weighted by Gasteiger charge is 2.25. The largest absolute Gasteiger partial charge is 0.480 e. The van der Waals surface area contributed by atoms with Crippen molar-refractivity contribution in [3.8, 4) is 21.7 Å². The number of aryl methyl sites for hydroxylation is 1. The summed E-state index contributed by atoms with van der Waals surface area (Å²) in [5.74, 6) is -0.518. The molecule has 3 aromatic carbocycles. The second-order valence-electron chi connectivity index (χ2n) is 10.4. The fourth-order valence-electron chi connectivity index (χ4n) is 4.59. The molecule has 4 rings (SSSR count). The fourth-order valence-corrected chi connectivity index (χ4v) is 7.05. The maximum absolute atomic E-state index is 13.4. The minimum absolute atomic E-state index is 0.175. The Morgan fingerprint density at radius 2 is 1.77 bits per heavy atom. The van der Waals surface area contributed by atoms with E-state index in [0.717, 1.165) is 49.9 Å². The van der Waals surface area contributed by atoms with Crippen LogP contribution in [-0.4, -0.2) is 59.9 Å². The lowest BCUT2D eigenvalue weighted by atomic mass is 9.93. The number of rotatable bonds is 15. The molecule has 1 heterocycles. The predicted molar refractivity (Wildman–Crippen MR) is 178 cm³/mol. The summed E-state index contributed by atoms with van der Waals surface area (Å²) in [7, 11) is -3.40. The predicted octanol–water partition coefficient (Wildman–Crippen LogP) is 6.41. The smallest absolute Gasteiger partial charge is 0.326 e. The molecule has 0 saturated carbocycles. The molecule has 0 saturated heterocycles. The van der Waals surface area contributed by atoms with Crippen LogP contribution in [0.1, 0.15) is 45.8 Å². The summed E-state index contributed by atoms with van der Waals surface area (Å²) >= 11 is 3.40. The highest BCUT2D eigenvalue weighted by atomic mass is 32.2. The van der Waals surface area contributed by atoms with Gasteiger partial charge in [0.25, 0.3) is 5.91 Å². The number of sulfone groups is 1. The third-order valence-electron chi connectivity index (χ3n) is 6.93. The number of ether oxygens (including phenoxy) is 1. The van der Waals surface area contributed by atoms with E-state index in [4.69, 9.17) is 4.74 Å². The first-order chi connectivity index (χ1) is 21.1. The number of benzene rings is 3. The molecule has 1 aromatic heterocycles. The van der Waals surface area contributed by atoms with Crippen LogP contribution in [0.15, 0.2) is 79.0 Å². The molecular weight excluding hydrogens is 617 g/mol. The number of nitrogens with one attached hydrogen (secondary N) is 1. The van der Waals surface area contributed by atoms with Gasteiger partial charge in [-0.3, -0.25) is 4.79 Å². The molecule has 0 spiro atoms. The van der Waals surface area contributed by atoms with Gasteiger partial charge in [0, 0.05) is 29.3 Å². The normalized spacial score (nSPS) is 12.9. The molecule has 0 aliphatic rings. The summed E-state index contributed by atoms with van der Waals surface area (Å²) in [5, 5.41) is 13.1. The molecule has 44 heavy (non-hydrogen) atoms. The summed E-state index contributed by atoms with van der Waals surface area (Å²) < 4.78 is 29.7. The number of hydrogen-bond donors (Lipinski definition) is 2. The van der Waals surface area contributed by atoms with E-state index in [0.29, 0.717) is 17.7 Å². The topological polar surface area (TPSA) is 123 Å². The zero-order valence-corrected chi connectivity index (χ0v) is 27.3. The Bertz CT molecular complexity index is 1690. The maximum atomic E-state index is 13.4. The fraction of sp³-hybridized carbons (Fsp3) is 0.303. The van der Waals surface area contributed by atoms with Gasteiger partial charge in [-0.05, 0) is 53.5 Å². The highest BCUT2D eigenvalue weighted by Crippen LogP contribution is 2.34. The Labute approximate surface area is 266 Å². The highest BCUT2D eigenvalue weighted by molar-refractivity contribution is 7.99. The zero-order chi connectivity index (χ0) is 31.7. The van der Waals surface area contributed by atoms with Gasteiger partial charge in [-0.2, -0.15) is 11.8 Å². The molecule has 0 aliphatic heterocycles. The van der Waals surface area contributed by atoms with Crippen molar-refractivity contribution in [1.82, 2.24) is 10.3 Å². The summed E-state index contributed by atoms with van der Waals surface area (Å²) in [6.45, 7) is 4.34. The molecule has 232 valence electrons. The number of carbonyl (C=O) groups is 2. The average molecular weight is 653 g/mol. The van der Waals surface area contributed by atoms with Crippen molar-refractivity contribution in [3.63, 3.8) is 0 Å². The number of nitrogens with zero attached hydrogens (tertiary/aromatic N) is 1. The first kappa shape index (κ1) is 33.4. The van der Waals surface area contributed by atoms with E-state index < -0.39 is 27.8 Å². The van der Waals surface area contributed by atoms with Crippen LogP contribution in [0.2, 0.25) is 0 Å². The van der Waals surface area contributed by atoms with Gasteiger partial charge in [0.05, 0.1) is 17.2 Å². The Morgan fingerprint density at radius 3 is 2.45 bits per heavy atom. The molecule has 0 radical (unpaired) electrons. The monoisotopic (exact) mass is 652 g/mol. The van der Waals surface area contributed by atoms with Crippen LogP contribution in [0.4, 0.5) is 0 Å². The summed E-state index contributed by atoms with van der Waals surface area (Å²) in [5.41, 5.74) is 4.62. The molecule has 8 nitrogen and oxygen atoms in total. The van der Waals surface area contributed by atoms with E-state index in [-0.39, 0.29) is 18.3 Å². The number of amides is 1. The van der Waals surface area contributed by atoms with Crippen molar-refractivity contribution < 1.29 is 27.9 Å².